The van der Waals surface area contributed by atoms with Crippen LogP contribution < -0.4 is 4.90 Å². The maximum atomic E-state index is 12.0. The number of rotatable bonds is 4. The van der Waals surface area contributed by atoms with Crippen LogP contribution in [0.4, 0.5) is 5.69 Å². The zero-order valence-electron chi connectivity index (χ0n) is 12.3. The minimum absolute atomic E-state index is 0.195. The van der Waals surface area contributed by atoms with Gasteiger partial charge in [-0.3, -0.25) is 9.69 Å². The summed E-state index contributed by atoms with van der Waals surface area (Å²) in [6.07, 6.45) is 2.46. The number of morpholine rings is 1. The van der Waals surface area contributed by atoms with Gasteiger partial charge in [-0.15, -0.1) is 6.58 Å². The first-order valence-electron chi connectivity index (χ1n) is 7.58. The van der Waals surface area contributed by atoms with E-state index < -0.39 is 0 Å². The molecule has 1 aromatic carbocycles. The molecule has 0 spiro atoms. The molecule has 4 nitrogen and oxygen atoms in total. The lowest BCUT2D eigenvalue weighted by Crippen LogP contribution is -2.35. The molecule has 0 aromatic heterocycles. The summed E-state index contributed by atoms with van der Waals surface area (Å²) in [4.78, 5) is 16.3. The number of carbonyl (C=O) groups excluding carboxylic acids is 1. The molecule has 0 saturated carbocycles. The van der Waals surface area contributed by atoms with Crippen molar-refractivity contribution in [1.29, 1.82) is 0 Å². The number of nitrogens with zero attached hydrogens (tertiary/aromatic N) is 2. The Labute approximate surface area is 126 Å². The molecule has 2 fully saturated rings. The van der Waals surface area contributed by atoms with Gasteiger partial charge < -0.3 is 9.64 Å². The van der Waals surface area contributed by atoms with E-state index in [1.54, 1.807) is 0 Å². The molecule has 2 aliphatic heterocycles. The second kappa shape index (κ2) is 6.41. The summed E-state index contributed by atoms with van der Waals surface area (Å²) in [5.41, 5.74) is 2.28. The van der Waals surface area contributed by atoms with Crippen LogP contribution in [-0.2, 0) is 16.1 Å². The lowest BCUT2D eigenvalue weighted by atomic mass is 10.1. The van der Waals surface area contributed by atoms with Gasteiger partial charge in [-0.1, -0.05) is 18.2 Å². The largest absolute Gasteiger partial charge is 0.379 e. The number of hydrogen-bond donors (Lipinski definition) is 0. The lowest BCUT2D eigenvalue weighted by molar-refractivity contribution is -0.117. The quantitative estimate of drug-likeness (QED) is 0.794. The molecule has 1 aromatic rings. The van der Waals surface area contributed by atoms with Crippen LogP contribution in [0.5, 0.6) is 0 Å². The summed E-state index contributed by atoms with van der Waals surface area (Å²) in [5.74, 6) is 0.478. The molecule has 21 heavy (non-hydrogen) atoms. The van der Waals surface area contributed by atoms with Crippen LogP contribution in [0.3, 0.4) is 0 Å². The highest BCUT2D eigenvalue weighted by molar-refractivity contribution is 5.95. The number of carbonyl (C=O) groups is 1. The zero-order valence-corrected chi connectivity index (χ0v) is 12.3. The Kier molecular flexibility index (Phi) is 4.36. The van der Waals surface area contributed by atoms with Crippen molar-refractivity contribution in [3.8, 4) is 0 Å². The van der Waals surface area contributed by atoms with E-state index >= 15 is 0 Å². The fourth-order valence-corrected chi connectivity index (χ4v) is 2.94. The smallest absolute Gasteiger partial charge is 0.227 e. The van der Waals surface area contributed by atoms with Crippen LogP contribution >= 0.6 is 0 Å². The predicted molar refractivity (Wildman–Crippen MR) is 83.2 cm³/mol. The van der Waals surface area contributed by atoms with Crippen LogP contribution in [-0.4, -0.2) is 43.7 Å². The SMILES string of the molecule is C=CC1CC(=O)N(c2ccc(CN3CCOCC3)cc2)C1. The van der Waals surface area contributed by atoms with Crippen LogP contribution in [0, 0.1) is 5.92 Å². The first kappa shape index (κ1) is 14.3. The van der Waals surface area contributed by atoms with Crippen molar-refractivity contribution < 1.29 is 9.53 Å². The van der Waals surface area contributed by atoms with Crippen molar-refractivity contribution in [1.82, 2.24) is 4.90 Å². The molecule has 1 unspecified atom stereocenters. The van der Waals surface area contributed by atoms with Crippen molar-refractivity contribution >= 4 is 11.6 Å². The van der Waals surface area contributed by atoms with E-state index in [4.69, 9.17) is 4.74 Å². The van der Waals surface area contributed by atoms with Crippen LogP contribution in [0.1, 0.15) is 12.0 Å². The Balaban J connectivity index is 1.63. The van der Waals surface area contributed by atoms with E-state index in [2.05, 4.69) is 35.7 Å². The molecular formula is C17H22N2O2. The molecule has 3 rings (SSSR count). The van der Waals surface area contributed by atoms with Crippen LogP contribution in [0.2, 0.25) is 0 Å². The third kappa shape index (κ3) is 3.34. The Hall–Kier alpha value is -1.65. The normalized spacial score (nSPS) is 23.5. The van der Waals surface area contributed by atoms with Crippen molar-refractivity contribution in [3.63, 3.8) is 0 Å². The van der Waals surface area contributed by atoms with Crippen molar-refractivity contribution in [2.24, 2.45) is 5.92 Å². The van der Waals surface area contributed by atoms with Crippen molar-refractivity contribution in [2.75, 3.05) is 37.7 Å². The van der Waals surface area contributed by atoms with E-state index in [0.29, 0.717) is 6.42 Å². The number of amides is 1. The van der Waals surface area contributed by atoms with E-state index in [9.17, 15) is 4.79 Å². The summed E-state index contributed by atoms with van der Waals surface area (Å²) < 4.78 is 5.36. The Bertz CT molecular complexity index is 506. The molecule has 0 aliphatic carbocycles. The fourth-order valence-electron chi connectivity index (χ4n) is 2.94. The molecule has 0 bridgehead atoms. The average Bonchev–Trinajstić information content (AvgIpc) is 2.90. The molecule has 112 valence electrons. The molecule has 2 saturated heterocycles. The van der Waals surface area contributed by atoms with E-state index in [-0.39, 0.29) is 11.8 Å². The topological polar surface area (TPSA) is 32.8 Å². The number of hydrogen-bond acceptors (Lipinski definition) is 3. The fraction of sp³-hybridized carbons (Fsp3) is 0.471. The first-order valence-corrected chi connectivity index (χ1v) is 7.58. The molecule has 0 N–H and O–H groups in total. The van der Waals surface area contributed by atoms with E-state index in [1.807, 2.05) is 11.0 Å². The third-order valence-electron chi connectivity index (χ3n) is 4.25. The second-order valence-electron chi connectivity index (χ2n) is 5.76. The summed E-state index contributed by atoms with van der Waals surface area (Å²) in [5, 5.41) is 0. The number of anilines is 1. The molecule has 1 amide bonds. The number of ether oxygens (including phenoxy) is 1. The monoisotopic (exact) mass is 286 g/mol. The average molecular weight is 286 g/mol. The third-order valence-corrected chi connectivity index (χ3v) is 4.25. The first-order chi connectivity index (χ1) is 10.3. The van der Waals surface area contributed by atoms with Gasteiger partial charge in [0.15, 0.2) is 0 Å². The van der Waals surface area contributed by atoms with Gasteiger partial charge in [-0.2, -0.15) is 0 Å². The molecule has 4 heteroatoms. The summed E-state index contributed by atoms with van der Waals surface area (Å²) in [6.45, 7) is 9.13. The maximum Gasteiger partial charge on any atom is 0.227 e. The summed E-state index contributed by atoms with van der Waals surface area (Å²) in [7, 11) is 0. The van der Waals surface area contributed by atoms with Crippen LogP contribution in [0.25, 0.3) is 0 Å². The lowest BCUT2D eigenvalue weighted by Gasteiger charge is -2.26. The molecular weight excluding hydrogens is 264 g/mol. The zero-order chi connectivity index (χ0) is 14.7. The highest BCUT2D eigenvalue weighted by atomic mass is 16.5. The van der Waals surface area contributed by atoms with Gasteiger partial charge in [0.2, 0.25) is 5.91 Å². The van der Waals surface area contributed by atoms with E-state index in [0.717, 1.165) is 45.1 Å². The van der Waals surface area contributed by atoms with Gasteiger partial charge in [0.1, 0.15) is 0 Å². The highest BCUT2D eigenvalue weighted by Gasteiger charge is 2.28. The Morgan fingerprint density at radius 1 is 1.24 bits per heavy atom. The summed E-state index contributed by atoms with van der Waals surface area (Å²) >= 11 is 0. The Morgan fingerprint density at radius 2 is 1.95 bits per heavy atom. The minimum Gasteiger partial charge on any atom is -0.379 e. The van der Waals surface area contributed by atoms with Gasteiger partial charge in [0, 0.05) is 44.2 Å². The molecule has 0 radical (unpaired) electrons. The van der Waals surface area contributed by atoms with Gasteiger partial charge in [-0.05, 0) is 17.7 Å². The minimum atomic E-state index is 0.195. The molecule has 2 heterocycles. The Morgan fingerprint density at radius 3 is 2.57 bits per heavy atom. The van der Waals surface area contributed by atoms with Crippen molar-refractivity contribution in [3.05, 3.63) is 42.5 Å². The van der Waals surface area contributed by atoms with Gasteiger partial charge in [0.05, 0.1) is 13.2 Å². The molecule has 1 atom stereocenters. The van der Waals surface area contributed by atoms with Gasteiger partial charge in [0.25, 0.3) is 0 Å². The van der Waals surface area contributed by atoms with Crippen molar-refractivity contribution in [2.45, 2.75) is 13.0 Å². The maximum absolute atomic E-state index is 12.0. The molecule has 2 aliphatic rings. The number of benzene rings is 1. The van der Waals surface area contributed by atoms with Gasteiger partial charge >= 0.3 is 0 Å². The predicted octanol–water partition coefficient (Wildman–Crippen LogP) is 2.06. The second-order valence-corrected chi connectivity index (χ2v) is 5.76. The van der Waals surface area contributed by atoms with E-state index in [1.165, 1.54) is 5.56 Å². The van der Waals surface area contributed by atoms with Crippen LogP contribution in [0.15, 0.2) is 36.9 Å². The van der Waals surface area contributed by atoms with Gasteiger partial charge in [-0.25, -0.2) is 0 Å². The summed E-state index contributed by atoms with van der Waals surface area (Å²) in [6, 6.07) is 8.36. The highest BCUT2D eigenvalue weighted by Crippen LogP contribution is 2.26. The standard InChI is InChI=1S/C17H22N2O2/c1-2-14-11-17(20)19(13-14)16-5-3-15(4-6-16)12-18-7-9-21-10-8-18/h2-6,14H,1,7-13H2.